The van der Waals surface area contributed by atoms with Crippen molar-refractivity contribution in [3.05, 3.63) is 51.5 Å². The Hall–Kier alpha value is -2.74. The topological polar surface area (TPSA) is 86.7 Å². The second kappa shape index (κ2) is 10.3. The minimum Gasteiger partial charge on any atom is -0.357 e. The molecule has 1 aromatic carbocycles. The van der Waals surface area contributed by atoms with Gasteiger partial charge in [0.2, 0.25) is 0 Å². The number of nitrogens with zero attached hydrogens (tertiary/aromatic N) is 3. The molecule has 1 aliphatic heterocycles. The zero-order valence-corrected chi connectivity index (χ0v) is 18.6. The highest BCUT2D eigenvalue weighted by atomic mass is 32.1. The van der Waals surface area contributed by atoms with Gasteiger partial charge in [-0.25, -0.2) is 9.98 Å². The van der Waals surface area contributed by atoms with E-state index in [0.717, 1.165) is 36.0 Å². The lowest BCUT2D eigenvalue weighted by molar-refractivity contribution is 0.0652. The maximum Gasteiger partial charge on any atom is 0.261 e. The van der Waals surface area contributed by atoms with Gasteiger partial charge in [-0.05, 0) is 37.8 Å². The molecule has 2 amide bonds. The average molecular weight is 428 g/mol. The predicted octanol–water partition coefficient (Wildman–Crippen LogP) is 3.40. The summed E-state index contributed by atoms with van der Waals surface area (Å²) in [5.74, 6) is 0.789. The molecule has 2 heterocycles. The fraction of sp³-hybridized carbons (Fsp3) is 0.455. The number of thiazole rings is 1. The van der Waals surface area contributed by atoms with Crippen LogP contribution < -0.4 is 10.6 Å². The number of guanidine groups is 1. The summed E-state index contributed by atoms with van der Waals surface area (Å²) in [6, 6.07) is 6.99. The van der Waals surface area contributed by atoms with Crippen molar-refractivity contribution in [2.75, 3.05) is 19.6 Å². The largest absolute Gasteiger partial charge is 0.357 e. The molecule has 2 aromatic rings. The van der Waals surface area contributed by atoms with E-state index >= 15 is 0 Å². The SMILES string of the molecule is CCNC(=NCc1nc(C(C)C)cs1)NCCCCN1C(=O)c2ccccc2C1=O. The fourth-order valence-electron chi connectivity index (χ4n) is 3.20. The zero-order chi connectivity index (χ0) is 21.5. The second-order valence-electron chi connectivity index (χ2n) is 7.46. The molecule has 1 aromatic heterocycles. The molecular formula is C22H29N5O2S. The first-order chi connectivity index (χ1) is 14.5. The van der Waals surface area contributed by atoms with Crippen LogP contribution in [-0.4, -0.2) is 47.3 Å². The van der Waals surface area contributed by atoms with E-state index in [1.165, 1.54) is 4.90 Å². The van der Waals surface area contributed by atoms with Crippen LogP contribution in [0.25, 0.3) is 0 Å². The second-order valence-corrected chi connectivity index (χ2v) is 8.40. The van der Waals surface area contributed by atoms with Crippen molar-refractivity contribution in [1.82, 2.24) is 20.5 Å². The van der Waals surface area contributed by atoms with Crippen molar-refractivity contribution in [2.24, 2.45) is 4.99 Å². The van der Waals surface area contributed by atoms with Gasteiger partial charge in [0.1, 0.15) is 5.01 Å². The molecule has 3 rings (SSSR count). The van der Waals surface area contributed by atoms with Crippen LogP contribution in [0.5, 0.6) is 0 Å². The molecule has 0 saturated heterocycles. The van der Waals surface area contributed by atoms with E-state index in [-0.39, 0.29) is 11.8 Å². The Bertz CT molecular complexity index is 887. The maximum absolute atomic E-state index is 12.4. The van der Waals surface area contributed by atoms with Gasteiger partial charge >= 0.3 is 0 Å². The molecule has 0 atom stereocenters. The summed E-state index contributed by atoms with van der Waals surface area (Å²) in [4.78, 5) is 35.3. The number of benzene rings is 1. The minimum atomic E-state index is -0.192. The number of carbonyl (C=O) groups is 2. The number of nitrogens with one attached hydrogen (secondary N) is 2. The van der Waals surface area contributed by atoms with Crippen LogP contribution >= 0.6 is 11.3 Å². The molecular weight excluding hydrogens is 398 g/mol. The van der Waals surface area contributed by atoms with Crippen LogP contribution in [0.4, 0.5) is 0 Å². The Morgan fingerprint density at radius 3 is 2.43 bits per heavy atom. The van der Waals surface area contributed by atoms with E-state index in [0.29, 0.717) is 36.7 Å². The summed E-state index contributed by atoms with van der Waals surface area (Å²) in [5.41, 5.74) is 2.12. The summed E-state index contributed by atoms with van der Waals surface area (Å²) >= 11 is 1.64. The van der Waals surface area contributed by atoms with Gasteiger partial charge in [0.25, 0.3) is 11.8 Å². The highest BCUT2D eigenvalue weighted by Gasteiger charge is 2.34. The van der Waals surface area contributed by atoms with Crippen molar-refractivity contribution in [1.29, 1.82) is 0 Å². The summed E-state index contributed by atoms with van der Waals surface area (Å²) in [7, 11) is 0. The molecule has 0 bridgehead atoms. The van der Waals surface area contributed by atoms with E-state index < -0.39 is 0 Å². The number of amides is 2. The molecule has 30 heavy (non-hydrogen) atoms. The molecule has 0 spiro atoms. The third kappa shape index (κ3) is 5.24. The van der Waals surface area contributed by atoms with E-state index in [1.807, 2.05) is 6.92 Å². The van der Waals surface area contributed by atoms with Crippen molar-refractivity contribution < 1.29 is 9.59 Å². The van der Waals surface area contributed by atoms with Crippen LogP contribution in [0, 0.1) is 0 Å². The van der Waals surface area contributed by atoms with Gasteiger partial charge in [-0.15, -0.1) is 11.3 Å². The number of hydrogen-bond donors (Lipinski definition) is 2. The third-order valence-electron chi connectivity index (χ3n) is 4.86. The number of unbranched alkanes of at least 4 members (excludes halogenated alkanes) is 1. The molecule has 160 valence electrons. The molecule has 8 heteroatoms. The number of aliphatic imine (C=N–C) groups is 1. The van der Waals surface area contributed by atoms with E-state index in [4.69, 9.17) is 0 Å². The number of imide groups is 1. The number of carbonyl (C=O) groups excluding carboxylic acids is 2. The van der Waals surface area contributed by atoms with Crippen molar-refractivity contribution in [3.63, 3.8) is 0 Å². The normalized spacial score (nSPS) is 13.9. The zero-order valence-electron chi connectivity index (χ0n) is 17.8. The highest BCUT2D eigenvalue weighted by Crippen LogP contribution is 2.22. The van der Waals surface area contributed by atoms with E-state index in [2.05, 4.69) is 39.8 Å². The van der Waals surface area contributed by atoms with Gasteiger partial charge in [-0.2, -0.15) is 0 Å². The van der Waals surface area contributed by atoms with Gasteiger partial charge < -0.3 is 10.6 Å². The molecule has 0 fully saturated rings. The van der Waals surface area contributed by atoms with Crippen LogP contribution in [0.2, 0.25) is 0 Å². The fourth-order valence-corrected chi connectivity index (χ4v) is 4.07. The molecule has 0 radical (unpaired) electrons. The Labute approximate surface area is 181 Å². The molecule has 0 aliphatic carbocycles. The van der Waals surface area contributed by atoms with Gasteiger partial charge in [-0.3, -0.25) is 14.5 Å². The van der Waals surface area contributed by atoms with Crippen LogP contribution in [0.15, 0.2) is 34.6 Å². The Kier molecular flexibility index (Phi) is 7.57. The van der Waals surface area contributed by atoms with Gasteiger partial charge in [0.15, 0.2) is 5.96 Å². The predicted molar refractivity (Wildman–Crippen MR) is 120 cm³/mol. The lowest BCUT2D eigenvalue weighted by Crippen LogP contribution is -2.38. The number of fused-ring (bicyclic) bond motifs is 1. The lowest BCUT2D eigenvalue weighted by Gasteiger charge is -2.14. The third-order valence-corrected chi connectivity index (χ3v) is 5.71. The van der Waals surface area contributed by atoms with Crippen molar-refractivity contribution >= 4 is 29.1 Å². The first-order valence-electron chi connectivity index (χ1n) is 10.4. The number of hydrogen-bond acceptors (Lipinski definition) is 5. The summed E-state index contributed by atoms with van der Waals surface area (Å²) in [6.07, 6.45) is 1.56. The smallest absolute Gasteiger partial charge is 0.261 e. The number of rotatable bonds is 9. The van der Waals surface area contributed by atoms with Crippen LogP contribution in [0.1, 0.15) is 70.9 Å². The Morgan fingerprint density at radius 1 is 1.13 bits per heavy atom. The molecule has 1 aliphatic rings. The van der Waals surface area contributed by atoms with Gasteiger partial charge in [-0.1, -0.05) is 26.0 Å². The molecule has 0 saturated carbocycles. The molecule has 7 nitrogen and oxygen atoms in total. The number of aromatic nitrogens is 1. The van der Waals surface area contributed by atoms with Crippen LogP contribution in [-0.2, 0) is 6.54 Å². The van der Waals surface area contributed by atoms with Crippen molar-refractivity contribution in [3.8, 4) is 0 Å². The van der Waals surface area contributed by atoms with Gasteiger partial charge in [0, 0.05) is 25.0 Å². The monoisotopic (exact) mass is 427 g/mol. The standard InChI is InChI=1S/C22H29N5O2S/c1-4-23-22(25-13-19-26-18(14-30-19)15(2)3)24-11-7-8-12-27-20(28)16-9-5-6-10-17(16)21(27)29/h5-6,9-10,14-15H,4,7-8,11-13H2,1-3H3,(H2,23,24,25). The molecule has 2 N–H and O–H groups in total. The minimum absolute atomic E-state index is 0.192. The van der Waals surface area contributed by atoms with E-state index in [9.17, 15) is 9.59 Å². The first-order valence-corrected chi connectivity index (χ1v) is 11.3. The van der Waals surface area contributed by atoms with E-state index in [1.54, 1.807) is 35.6 Å². The first kappa shape index (κ1) is 22.0. The molecule has 0 unspecified atom stereocenters. The Morgan fingerprint density at radius 2 is 1.83 bits per heavy atom. The van der Waals surface area contributed by atoms with Gasteiger partial charge in [0.05, 0.1) is 23.4 Å². The summed E-state index contributed by atoms with van der Waals surface area (Å²) in [5, 5.41) is 9.64. The van der Waals surface area contributed by atoms with Crippen LogP contribution in [0.3, 0.4) is 0 Å². The summed E-state index contributed by atoms with van der Waals surface area (Å²) in [6.45, 7) is 8.76. The quantitative estimate of drug-likeness (QED) is 0.277. The maximum atomic E-state index is 12.4. The van der Waals surface area contributed by atoms with Crippen molar-refractivity contribution in [2.45, 2.75) is 46.1 Å². The Balaban J connectivity index is 1.44. The summed E-state index contributed by atoms with van der Waals surface area (Å²) < 4.78 is 0. The lowest BCUT2D eigenvalue weighted by atomic mass is 10.1. The average Bonchev–Trinajstić information content (AvgIpc) is 3.31. The highest BCUT2D eigenvalue weighted by molar-refractivity contribution is 7.09.